The molecule has 1 fully saturated rings. The van der Waals surface area contributed by atoms with Crippen LogP contribution in [-0.2, 0) is 0 Å². The summed E-state index contributed by atoms with van der Waals surface area (Å²) in [4.78, 5) is 18.2. The average molecular weight is 391 g/mol. The van der Waals surface area contributed by atoms with E-state index in [9.17, 15) is 9.18 Å². The number of carbonyl (C=O) groups is 1. The zero-order valence-corrected chi connectivity index (χ0v) is 16.1. The van der Waals surface area contributed by atoms with Crippen LogP contribution in [0.2, 0.25) is 0 Å². The minimum Gasteiger partial charge on any atom is -0.314 e. The third-order valence-electron chi connectivity index (χ3n) is 5.12. The van der Waals surface area contributed by atoms with E-state index < -0.39 is 0 Å². The lowest BCUT2D eigenvalue weighted by Gasteiger charge is -2.11. The molecule has 4 aromatic rings. The van der Waals surface area contributed by atoms with E-state index >= 15 is 0 Å². The fraction of sp³-hybridized carbons (Fsp3) is 0.182. The largest absolute Gasteiger partial charge is 0.314 e. The van der Waals surface area contributed by atoms with Gasteiger partial charge in [0.05, 0.1) is 11.2 Å². The highest BCUT2D eigenvalue weighted by molar-refractivity contribution is 7.21. The van der Waals surface area contributed by atoms with Gasteiger partial charge in [-0.15, -0.1) is 11.3 Å². The second-order valence-corrected chi connectivity index (χ2v) is 8.12. The van der Waals surface area contributed by atoms with Gasteiger partial charge in [0.15, 0.2) is 0 Å². The van der Waals surface area contributed by atoms with Gasteiger partial charge in [0.25, 0.3) is 5.91 Å². The summed E-state index contributed by atoms with van der Waals surface area (Å²) >= 11 is 1.32. The number of carbonyl (C=O) groups excluding carboxylic acids is 1. The van der Waals surface area contributed by atoms with Crippen LogP contribution in [0.3, 0.4) is 0 Å². The van der Waals surface area contributed by atoms with E-state index in [4.69, 9.17) is 0 Å². The van der Waals surface area contributed by atoms with Gasteiger partial charge in [0.1, 0.15) is 17.3 Å². The molecule has 2 aromatic carbocycles. The lowest BCUT2D eigenvalue weighted by Crippen LogP contribution is -2.15. The van der Waals surface area contributed by atoms with Crippen molar-refractivity contribution in [1.29, 1.82) is 0 Å². The molecule has 1 amide bonds. The molecule has 1 aliphatic rings. The van der Waals surface area contributed by atoms with Crippen LogP contribution in [0.5, 0.6) is 0 Å². The molecule has 5 rings (SSSR count). The summed E-state index contributed by atoms with van der Waals surface area (Å²) in [6, 6.07) is 15.1. The number of aromatic nitrogens is 2. The predicted molar refractivity (Wildman–Crippen MR) is 110 cm³/mol. The lowest BCUT2D eigenvalue weighted by atomic mass is 10.1. The van der Waals surface area contributed by atoms with Gasteiger partial charge in [0.2, 0.25) is 0 Å². The molecular weight excluding hydrogens is 373 g/mol. The number of fused-ring (bicyclic) bond motifs is 1. The zero-order chi connectivity index (χ0) is 19.3. The highest BCUT2D eigenvalue weighted by Gasteiger charge is 2.29. The molecule has 2 heterocycles. The van der Waals surface area contributed by atoms with Crippen LogP contribution in [0.1, 0.15) is 34.1 Å². The quantitative estimate of drug-likeness (QED) is 0.478. The number of anilines is 1. The van der Waals surface area contributed by atoms with E-state index in [1.165, 1.54) is 17.4 Å². The first-order valence-corrected chi connectivity index (χ1v) is 10.1. The minimum absolute atomic E-state index is 0.224. The summed E-state index contributed by atoms with van der Waals surface area (Å²) in [5, 5.41) is 3.59. The molecule has 1 N–H and O–H groups in total. The number of rotatable bonds is 4. The van der Waals surface area contributed by atoms with Crippen molar-refractivity contribution >= 4 is 33.1 Å². The smallest absolute Gasteiger partial charge is 0.267 e. The van der Waals surface area contributed by atoms with E-state index in [-0.39, 0.29) is 11.7 Å². The Labute approximate surface area is 165 Å². The first-order valence-electron chi connectivity index (χ1n) is 9.24. The van der Waals surface area contributed by atoms with Crippen molar-refractivity contribution in [3.63, 3.8) is 0 Å². The Morgan fingerprint density at radius 2 is 1.96 bits per heavy atom. The van der Waals surface area contributed by atoms with Crippen LogP contribution >= 0.6 is 11.3 Å². The Hall–Kier alpha value is -2.99. The maximum atomic E-state index is 14.2. The van der Waals surface area contributed by atoms with E-state index in [0.29, 0.717) is 27.7 Å². The van der Waals surface area contributed by atoms with Crippen LogP contribution in [0, 0.1) is 12.7 Å². The maximum Gasteiger partial charge on any atom is 0.267 e. The molecule has 6 heteroatoms. The van der Waals surface area contributed by atoms with Gasteiger partial charge in [-0.25, -0.2) is 9.37 Å². The van der Waals surface area contributed by atoms with Gasteiger partial charge >= 0.3 is 0 Å². The maximum absolute atomic E-state index is 14.2. The molecule has 28 heavy (non-hydrogen) atoms. The topological polar surface area (TPSA) is 46.9 Å². The molecule has 1 aliphatic carbocycles. The lowest BCUT2D eigenvalue weighted by molar-refractivity contribution is 0.102. The zero-order valence-electron chi connectivity index (χ0n) is 15.3. The van der Waals surface area contributed by atoms with Crippen LogP contribution in [0.4, 0.5) is 10.2 Å². The molecule has 1 saturated carbocycles. The Balaban J connectivity index is 1.56. The summed E-state index contributed by atoms with van der Waals surface area (Å²) in [5.74, 6) is 0.187. The summed E-state index contributed by atoms with van der Waals surface area (Å²) in [6.45, 7) is 1.80. The van der Waals surface area contributed by atoms with Crippen LogP contribution in [0.25, 0.3) is 21.3 Å². The van der Waals surface area contributed by atoms with Crippen molar-refractivity contribution < 1.29 is 9.18 Å². The Bertz CT molecular complexity index is 1190. The number of nitrogens with zero attached hydrogens (tertiary/aromatic N) is 2. The number of hydrogen-bond acceptors (Lipinski definition) is 3. The SMILES string of the molecule is Cc1c(C(=O)Nc2c(-c3ccccc3)ncn2C2CC2)sc2cccc(F)c12. The Morgan fingerprint density at radius 3 is 2.68 bits per heavy atom. The summed E-state index contributed by atoms with van der Waals surface area (Å²) < 4.78 is 17.1. The number of hydrogen-bond donors (Lipinski definition) is 1. The molecule has 0 saturated heterocycles. The fourth-order valence-electron chi connectivity index (χ4n) is 3.56. The Morgan fingerprint density at radius 1 is 1.18 bits per heavy atom. The number of thiophene rings is 1. The van der Waals surface area contributed by atoms with Crippen molar-refractivity contribution in [2.45, 2.75) is 25.8 Å². The fourth-order valence-corrected chi connectivity index (χ4v) is 4.67. The van der Waals surface area contributed by atoms with E-state index in [0.717, 1.165) is 28.8 Å². The molecule has 0 bridgehead atoms. The predicted octanol–water partition coefficient (Wildman–Crippen LogP) is 5.80. The van der Waals surface area contributed by atoms with Crippen molar-refractivity contribution in [1.82, 2.24) is 9.55 Å². The minimum atomic E-state index is -0.293. The first kappa shape index (κ1) is 17.1. The molecular formula is C22H18FN3OS. The number of imidazole rings is 1. The number of halogens is 1. The molecule has 2 aromatic heterocycles. The molecule has 0 atom stereocenters. The summed E-state index contributed by atoms with van der Waals surface area (Å²) in [7, 11) is 0. The average Bonchev–Trinajstić information content (AvgIpc) is 3.37. The van der Waals surface area contributed by atoms with E-state index in [1.807, 2.05) is 41.0 Å². The van der Waals surface area contributed by atoms with Crippen molar-refractivity contribution in [2.24, 2.45) is 0 Å². The van der Waals surface area contributed by atoms with Crippen molar-refractivity contribution in [3.8, 4) is 11.3 Å². The van der Waals surface area contributed by atoms with E-state index in [1.54, 1.807) is 19.3 Å². The number of nitrogens with one attached hydrogen (secondary N) is 1. The van der Waals surface area contributed by atoms with E-state index in [2.05, 4.69) is 10.3 Å². The summed E-state index contributed by atoms with van der Waals surface area (Å²) in [6.07, 6.45) is 3.97. The molecule has 4 nitrogen and oxygen atoms in total. The van der Waals surface area contributed by atoms with Gasteiger partial charge in [-0.1, -0.05) is 36.4 Å². The van der Waals surface area contributed by atoms with Crippen molar-refractivity contribution in [2.75, 3.05) is 5.32 Å². The normalized spacial score (nSPS) is 13.8. The highest BCUT2D eigenvalue weighted by atomic mass is 32.1. The molecule has 0 radical (unpaired) electrons. The highest BCUT2D eigenvalue weighted by Crippen LogP contribution is 2.41. The van der Waals surface area contributed by atoms with Gasteiger partial charge < -0.3 is 9.88 Å². The van der Waals surface area contributed by atoms with Crippen LogP contribution < -0.4 is 5.32 Å². The second kappa shape index (κ2) is 6.56. The summed E-state index contributed by atoms with van der Waals surface area (Å²) in [5.41, 5.74) is 2.39. The van der Waals surface area contributed by atoms with Gasteiger partial charge in [-0.2, -0.15) is 0 Å². The van der Waals surface area contributed by atoms with Gasteiger partial charge in [-0.3, -0.25) is 4.79 Å². The molecule has 140 valence electrons. The number of aryl methyl sites for hydroxylation is 1. The monoisotopic (exact) mass is 391 g/mol. The van der Waals surface area contributed by atoms with Crippen LogP contribution in [0.15, 0.2) is 54.9 Å². The molecule has 0 unspecified atom stereocenters. The third kappa shape index (κ3) is 2.81. The molecule has 0 aliphatic heterocycles. The van der Waals surface area contributed by atoms with Crippen molar-refractivity contribution in [3.05, 3.63) is 71.1 Å². The Kier molecular flexibility index (Phi) is 4.02. The van der Waals surface area contributed by atoms with Crippen LogP contribution in [-0.4, -0.2) is 15.5 Å². The number of amides is 1. The molecule has 0 spiro atoms. The van der Waals surface area contributed by atoms with Gasteiger partial charge in [0, 0.05) is 21.7 Å². The second-order valence-electron chi connectivity index (χ2n) is 7.07. The standard InChI is InChI=1S/C22H18FN3OS/c1-13-18-16(23)8-5-9-17(18)28-20(13)22(27)25-21-19(14-6-3-2-4-7-14)24-12-26(21)15-10-11-15/h2-9,12,15H,10-11H2,1H3,(H,25,27). The number of benzene rings is 2. The first-order chi connectivity index (χ1) is 13.6. The third-order valence-corrected chi connectivity index (χ3v) is 6.38. The van der Waals surface area contributed by atoms with Gasteiger partial charge in [-0.05, 0) is 37.5 Å².